The molecule has 2 N–H and O–H groups in total. The van der Waals surface area contributed by atoms with Gasteiger partial charge >= 0.3 is 0 Å². The molecule has 0 aliphatic carbocycles. The summed E-state index contributed by atoms with van der Waals surface area (Å²) in [5, 5.41) is 6.67. The van der Waals surface area contributed by atoms with Crippen LogP contribution in [0.25, 0.3) is 0 Å². The maximum Gasteiger partial charge on any atom is 0.214 e. The number of sulfonamides is 1. The zero-order valence-electron chi connectivity index (χ0n) is 15.4. The van der Waals surface area contributed by atoms with E-state index >= 15 is 0 Å². The number of rotatable bonds is 5. The Morgan fingerprint density at radius 3 is 2.67 bits per heavy atom. The minimum atomic E-state index is -3.03. The van der Waals surface area contributed by atoms with E-state index in [1.807, 2.05) is 0 Å². The van der Waals surface area contributed by atoms with Crippen LogP contribution in [0.2, 0.25) is 0 Å². The van der Waals surface area contributed by atoms with Crippen LogP contribution in [-0.4, -0.2) is 70.2 Å². The molecule has 2 fully saturated rings. The van der Waals surface area contributed by atoms with E-state index in [-0.39, 0.29) is 29.7 Å². The number of nitrogens with one attached hydrogen (secondary N) is 2. The van der Waals surface area contributed by atoms with Crippen molar-refractivity contribution in [3.63, 3.8) is 0 Å². The van der Waals surface area contributed by atoms with Crippen molar-refractivity contribution in [3.05, 3.63) is 28.7 Å². The zero-order chi connectivity index (χ0) is 18.6. The van der Waals surface area contributed by atoms with Gasteiger partial charge in [0.05, 0.1) is 5.75 Å². The Kier molecular flexibility index (Phi) is 8.63. The first-order valence-corrected chi connectivity index (χ1v) is 11.3. The summed E-state index contributed by atoms with van der Waals surface area (Å²) in [6.45, 7) is 3.59. The Bertz CT molecular complexity index is 744. The summed E-state index contributed by atoms with van der Waals surface area (Å²) < 4.78 is 26.3. The Balaban J connectivity index is 0.00000261. The van der Waals surface area contributed by atoms with Crippen molar-refractivity contribution in [1.82, 2.24) is 14.9 Å². The molecule has 0 amide bonds. The minimum Gasteiger partial charge on any atom is -0.369 e. The topological polar surface area (TPSA) is 77.0 Å². The third-order valence-electron chi connectivity index (χ3n) is 4.80. The molecule has 1 aromatic rings. The van der Waals surface area contributed by atoms with Gasteiger partial charge in [-0.2, -0.15) is 0 Å². The number of benzene rings is 1. The van der Waals surface area contributed by atoms with Gasteiger partial charge in [0, 0.05) is 56.0 Å². The Morgan fingerprint density at radius 1 is 1.30 bits per heavy atom. The maximum atomic E-state index is 11.8. The highest BCUT2D eigenvalue weighted by molar-refractivity contribution is 14.0. The van der Waals surface area contributed by atoms with E-state index in [2.05, 4.69) is 60.7 Å². The lowest BCUT2D eigenvalue weighted by atomic mass is 10.3. The van der Waals surface area contributed by atoms with Gasteiger partial charge in [-0.25, -0.2) is 12.7 Å². The van der Waals surface area contributed by atoms with E-state index in [9.17, 15) is 8.42 Å². The van der Waals surface area contributed by atoms with Crippen LogP contribution < -0.4 is 15.5 Å². The van der Waals surface area contributed by atoms with Crippen LogP contribution >= 0.6 is 39.9 Å². The lowest BCUT2D eigenvalue weighted by molar-refractivity contribution is 0.444. The Morgan fingerprint density at radius 2 is 2.04 bits per heavy atom. The van der Waals surface area contributed by atoms with E-state index in [0.29, 0.717) is 25.7 Å². The SMILES string of the molecule is CN=C(NCCN1CCCS1(=O)=O)NC1CCN(c2ccc(Br)cc2)C1.I. The van der Waals surface area contributed by atoms with E-state index < -0.39 is 10.0 Å². The minimum absolute atomic E-state index is 0. The summed E-state index contributed by atoms with van der Waals surface area (Å²) >= 11 is 3.47. The predicted molar refractivity (Wildman–Crippen MR) is 125 cm³/mol. The highest BCUT2D eigenvalue weighted by Gasteiger charge is 2.28. The van der Waals surface area contributed by atoms with E-state index in [0.717, 1.165) is 36.4 Å². The number of guanidine groups is 1. The molecule has 10 heteroatoms. The summed E-state index contributed by atoms with van der Waals surface area (Å²) in [4.78, 5) is 6.62. The van der Waals surface area contributed by atoms with Gasteiger partial charge in [-0.05, 0) is 37.1 Å². The van der Waals surface area contributed by atoms with Gasteiger partial charge in [0.2, 0.25) is 10.0 Å². The number of aliphatic imine (C=N–C) groups is 1. The van der Waals surface area contributed by atoms with Crippen LogP contribution in [0.15, 0.2) is 33.7 Å². The number of nitrogens with zero attached hydrogens (tertiary/aromatic N) is 3. The maximum absolute atomic E-state index is 11.8. The van der Waals surface area contributed by atoms with Crippen LogP contribution in [-0.2, 0) is 10.0 Å². The summed E-state index contributed by atoms with van der Waals surface area (Å²) in [7, 11) is -1.29. The predicted octanol–water partition coefficient (Wildman–Crippen LogP) is 1.85. The molecule has 0 spiro atoms. The zero-order valence-corrected chi connectivity index (χ0v) is 20.1. The van der Waals surface area contributed by atoms with Gasteiger partial charge in [0.25, 0.3) is 0 Å². The average molecular weight is 572 g/mol. The van der Waals surface area contributed by atoms with Crippen LogP contribution in [0, 0.1) is 0 Å². The largest absolute Gasteiger partial charge is 0.369 e. The summed E-state index contributed by atoms with van der Waals surface area (Å²) in [6.07, 6.45) is 1.76. The summed E-state index contributed by atoms with van der Waals surface area (Å²) in [5.41, 5.74) is 1.22. The fourth-order valence-corrected chi connectivity index (χ4v) is 5.19. The molecule has 1 atom stereocenters. The van der Waals surface area contributed by atoms with Gasteiger partial charge in [-0.15, -0.1) is 24.0 Å². The lowest BCUT2D eigenvalue weighted by Crippen LogP contribution is -2.46. The van der Waals surface area contributed by atoms with Gasteiger partial charge < -0.3 is 15.5 Å². The first-order chi connectivity index (χ1) is 12.5. The van der Waals surface area contributed by atoms with E-state index in [1.165, 1.54) is 5.69 Å². The van der Waals surface area contributed by atoms with Gasteiger partial charge in [-0.3, -0.25) is 4.99 Å². The molecule has 0 aromatic heterocycles. The highest BCUT2D eigenvalue weighted by atomic mass is 127. The van der Waals surface area contributed by atoms with Crippen LogP contribution in [0.5, 0.6) is 0 Å². The van der Waals surface area contributed by atoms with Crippen molar-refractivity contribution in [2.75, 3.05) is 50.4 Å². The number of halogens is 2. The average Bonchev–Trinajstić information content (AvgIpc) is 3.21. The molecule has 0 saturated carbocycles. The quantitative estimate of drug-likeness (QED) is 0.320. The van der Waals surface area contributed by atoms with Crippen molar-refractivity contribution in [2.24, 2.45) is 4.99 Å². The van der Waals surface area contributed by atoms with Crippen molar-refractivity contribution in [1.29, 1.82) is 0 Å². The summed E-state index contributed by atoms with van der Waals surface area (Å²) in [5.74, 6) is 0.998. The Hall–Kier alpha value is -0.590. The molecule has 0 radical (unpaired) electrons. The van der Waals surface area contributed by atoms with Crippen LogP contribution in [0.3, 0.4) is 0 Å². The number of hydrogen-bond acceptors (Lipinski definition) is 4. The molecule has 27 heavy (non-hydrogen) atoms. The Labute approximate surface area is 187 Å². The van der Waals surface area contributed by atoms with Crippen molar-refractivity contribution >= 4 is 61.6 Å². The number of anilines is 1. The van der Waals surface area contributed by atoms with Crippen LogP contribution in [0.4, 0.5) is 5.69 Å². The second-order valence-electron chi connectivity index (χ2n) is 6.62. The highest BCUT2D eigenvalue weighted by Crippen LogP contribution is 2.22. The molecule has 152 valence electrons. The molecule has 2 heterocycles. The van der Waals surface area contributed by atoms with Gasteiger partial charge in [0.1, 0.15) is 0 Å². The first kappa shape index (κ1) is 22.7. The smallest absolute Gasteiger partial charge is 0.214 e. The molecule has 1 aromatic carbocycles. The third-order valence-corrected chi connectivity index (χ3v) is 7.29. The first-order valence-electron chi connectivity index (χ1n) is 8.93. The fraction of sp³-hybridized carbons (Fsp3) is 0.588. The van der Waals surface area contributed by atoms with Crippen molar-refractivity contribution in [3.8, 4) is 0 Å². The molecule has 1 unspecified atom stereocenters. The second kappa shape index (κ2) is 10.3. The van der Waals surface area contributed by atoms with Crippen molar-refractivity contribution in [2.45, 2.75) is 18.9 Å². The molecule has 7 nitrogen and oxygen atoms in total. The molecular formula is C17H27BrIN5O2S. The standard InChI is InChI=1S/C17H26BrN5O2S.HI/c1-19-17(20-8-11-23-9-2-12-26(23,24)25)21-15-7-10-22(13-15)16-5-3-14(18)4-6-16;/h3-6,15H,2,7-13H2,1H3,(H2,19,20,21);1H. The normalized spacial score (nSPS) is 22.5. The van der Waals surface area contributed by atoms with Crippen LogP contribution in [0.1, 0.15) is 12.8 Å². The third kappa shape index (κ3) is 6.20. The molecule has 3 rings (SSSR count). The van der Waals surface area contributed by atoms with Gasteiger partial charge in [-0.1, -0.05) is 15.9 Å². The summed E-state index contributed by atoms with van der Waals surface area (Å²) in [6, 6.07) is 8.68. The second-order valence-corrected chi connectivity index (χ2v) is 9.62. The van der Waals surface area contributed by atoms with Gasteiger partial charge in [0.15, 0.2) is 5.96 Å². The fourth-order valence-electron chi connectivity index (χ4n) is 3.39. The number of hydrogen-bond donors (Lipinski definition) is 2. The van der Waals surface area contributed by atoms with Crippen molar-refractivity contribution < 1.29 is 8.42 Å². The molecule has 2 aliphatic heterocycles. The molecule has 2 saturated heterocycles. The lowest BCUT2D eigenvalue weighted by Gasteiger charge is -2.21. The van der Waals surface area contributed by atoms with E-state index in [4.69, 9.17) is 0 Å². The monoisotopic (exact) mass is 571 g/mol. The molecular weight excluding hydrogens is 545 g/mol. The molecule has 0 bridgehead atoms. The van der Waals surface area contributed by atoms with E-state index in [1.54, 1.807) is 11.4 Å². The molecule has 2 aliphatic rings.